The molecule has 2 aromatic rings. The van der Waals surface area contributed by atoms with E-state index in [1.807, 2.05) is 29.6 Å². The van der Waals surface area contributed by atoms with E-state index < -0.39 is 11.9 Å². The summed E-state index contributed by atoms with van der Waals surface area (Å²) in [5, 5.41) is 2.95. The lowest BCUT2D eigenvalue weighted by Crippen LogP contribution is -2.49. The van der Waals surface area contributed by atoms with Crippen LogP contribution in [0.2, 0.25) is 0 Å². The first-order valence-corrected chi connectivity index (χ1v) is 8.12. The van der Waals surface area contributed by atoms with Crippen molar-refractivity contribution in [3.63, 3.8) is 0 Å². The molecule has 0 spiro atoms. The molecule has 1 aromatic carbocycles. The number of benzene rings is 1. The average Bonchev–Trinajstić information content (AvgIpc) is 3.03. The van der Waals surface area contributed by atoms with Crippen molar-refractivity contribution < 1.29 is 18.8 Å². The van der Waals surface area contributed by atoms with Gasteiger partial charge in [0.15, 0.2) is 5.76 Å². The van der Waals surface area contributed by atoms with Crippen LogP contribution in [-0.4, -0.2) is 60.4 Å². The van der Waals surface area contributed by atoms with Crippen LogP contribution in [0.5, 0.6) is 0 Å². The smallest absolute Gasteiger partial charge is 0.318 e. The van der Waals surface area contributed by atoms with Gasteiger partial charge in [-0.2, -0.15) is 0 Å². The average molecular weight is 344 g/mol. The summed E-state index contributed by atoms with van der Waals surface area (Å²) in [4.78, 5) is 38.4. The second-order valence-electron chi connectivity index (χ2n) is 5.94. The van der Waals surface area contributed by atoms with Gasteiger partial charge < -0.3 is 15.1 Å². The molecule has 1 aliphatic heterocycles. The Balaban J connectivity index is 1.50. The van der Waals surface area contributed by atoms with Crippen LogP contribution in [0, 0.1) is 0 Å². The number of piperazine rings is 1. The molecular formula is C17H20N4O4. The molecule has 4 amide bonds. The Morgan fingerprint density at radius 1 is 1.12 bits per heavy atom. The van der Waals surface area contributed by atoms with Gasteiger partial charge in [0.2, 0.25) is 5.91 Å². The fourth-order valence-corrected chi connectivity index (χ4v) is 2.88. The molecule has 25 heavy (non-hydrogen) atoms. The first-order valence-electron chi connectivity index (χ1n) is 8.12. The van der Waals surface area contributed by atoms with E-state index in [0.717, 1.165) is 5.39 Å². The molecule has 0 aliphatic carbocycles. The first kappa shape index (κ1) is 17.0. The molecule has 0 radical (unpaired) electrons. The summed E-state index contributed by atoms with van der Waals surface area (Å²) in [6.07, 6.45) is 0.195. The Morgan fingerprint density at radius 2 is 1.84 bits per heavy atom. The summed E-state index contributed by atoms with van der Waals surface area (Å²) >= 11 is 0. The number of hydrogen-bond donors (Lipinski definition) is 2. The number of nitrogens with one attached hydrogen (secondary N) is 1. The molecule has 8 nitrogen and oxygen atoms in total. The molecule has 0 unspecified atom stereocenters. The van der Waals surface area contributed by atoms with Crippen LogP contribution in [-0.2, 0) is 4.79 Å². The van der Waals surface area contributed by atoms with Crippen LogP contribution >= 0.6 is 0 Å². The predicted molar refractivity (Wildman–Crippen MR) is 90.9 cm³/mol. The molecule has 3 rings (SSSR count). The molecule has 0 atom stereocenters. The van der Waals surface area contributed by atoms with Crippen molar-refractivity contribution in [3.05, 3.63) is 36.1 Å². The highest BCUT2D eigenvalue weighted by Gasteiger charge is 2.24. The number of carbonyl (C=O) groups is 3. The minimum absolute atomic E-state index is 0.123. The lowest BCUT2D eigenvalue weighted by atomic mass is 10.2. The van der Waals surface area contributed by atoms with Gasteiger partial charge in [0.05, 0.1) is 0 Å². The maximum atomic E-state index is 12.6. The third kappa shape index (κ3) is 4.16. The Bertz CT molecular complexity index is 760. The number of imide groups is 1. The number of fused-ring (bicyclic) bond motifs is 1. The van der Waals surface area contributed by atoms with E-state index >= 15 is 0 Å². The molecular weight excluding hydrogens is 324 g/mol. The van der Waals surface area contributed by atoms with Gasteiger partial charge in [-0.3, -0.25) is 19.8 Å². The summed E-state index contributed by atoms with van der Waals surface area (Å²) in [7, 11) is 0. The van der Waals surface area contributed by atoms with Crippen molar-refractivity contribution in [2.24, 2.45) is 5.73 Å². The molecule has 132 valence electrons. The second-order valence-corrected chi connectivity index (χ2v) is 5.94. The Morgan fingerprint density at radius 3 is 2.52 bits per heavy atom. The summed E-state index contributed by atoms with van der Waals surface area (Å²) in [6, 6.07) is 8.43. The number of primary amides is 1. The highest BCUT2D eigenvalue weighted by Crippen LogP contribution is 2.20. The maximum Gasteiger partial charge on any atom is 0.318 e. The van der Waals surface area contributed by atoms with Gasteiger partial charge in [-0.15, -0.1) is 0 Å². The lowest BCUT2D eigenvalue weighted by Gasteiger charge is -2.34. The van der Waals surface area contributed by atoms with E-state index in [0.29, 0.717) is 44.1 Å². The fourth-order valence-electron chi connectivity index (χ4n) is 2.88. The Labute approximate surface area is 144 Å². The number of rotatable bonds is 4. The minimum atomic E-state index is -0.841. The van der Waals surface area contributed by atoms with E-state index in [1.165, 1.54) is 0 Å². The van der Waals surface area contributed by atoms with Crippen LogP contribution in [0.3, 0.4) is 0 Å². The van der Waals surface area contributed by atoms with Crippen LogP contribution in [0.4, 0.5) is 4.79 Å². The SMILES string of the molecule is NC(=O)NC(=O)CCN1CCN(C(=O)c2cc3ccccc3o2)CC1. The number of nitrogens with zero attached hydrogens (tertiary/aromatic N) is 2. The van der Waals surface area contributed by atoms with Gasteiger partial charge in [0.25, 0.3) is 5.91 Å². The summed E-state index contributed by atoms with van der Waals surface area (Å²) < 4.78 is 5.62. The third-order valence-corrected chi connectivity index (χ3v) is 4.21. The fraction of sp³-hybridized carbons (Fsp3) is 0.353. The summed E-state index contributed by atoms with van der Waals surface area (Å²) in [6.45, 7) is 2.97. The normalized spacial score (nSPS) is 15.3. The van der Waals surface area contributed by atoms with Gasteiger partial charge >= 0.3 is 6.03 Å². The van der Waals surface area contributed by atoms with Crippen LogP contribution < -0.4 is 11.1 Å². The van der Waals surface area contributed by atoms with Crippen molar-refractivity contribution in [2.45, 2.75) is 6.42 Å². The maximum absolute atomic E-state index is 12.6. The van der Waals surface area contributed by atoms with Crippen molar-refractivity contribution in [3.8, 4) is 0 Å². The Kier molecular flexibility index (Phi) is 4.99. The van der Waals surface area contributed by atoms with E-state index in [1.54, 1.807) is 11.0 Å². The zero-order valence-corrected chi connectivity index (χ0v) is 13.7. The zero-order valence-electron chi connectivity index (χ0n) is 13.7. The first-order chi connectivity index (χ1) is 12.0. The molecule has 0 saturated carbocycles. The second kappa shape index (κ2) is 7.35. The van der Waals surface area contributed by atoms with Crippen molar-refractivity contribution in [1.29, 1.82) is 0 Å². The van der Waals surface area contributed by atoms with Gasteiger partial charge in [-0.25, -0.2) is 4.79 Å². The molecule has 8 heteroatoms. The number of para-hydroxylation sites is 1. The van der Waals surface area contributed by atoms with Gasteiger partial charge in [-0.05, 0) is 12.1 Å². The molecule has 3 N–H and O–H groups in total. The van der Waals surface area contributed by atoms with Gasteiger partial charge in [0.1, 0.15) is 5.58 Å². The number of hydrogen-bond acceptors (Lipinski definition) is 5. The number of nitrogens with two attached hydrogens (primary N) is 1. The highest BCUT2D eigenvalue weighted by molar-refractivity contribution is 5.96. The molecule has 1 fully saturated rings. The lowest BCUT2D eigenvalue weighted by molar-refractivity contribution is -0.120. The largest absolute Gasteiger partial charge is 0.451 e. The Hall–Kier alpha value is -2.87. The zero-order chi connectivity index (χ0) is 17.8. The van der Waals surface area contributed by atoms with E-state index in [9.17, 15) is 14.4 Å². The molecule has 0 bridgehead atoms. The monoisotopic (exact) mass is 344 g/mol. The van der Waals surface area contributed by atoms with Gasteiger partial charge in [0, 0.05) is 44.5 Å². The number of amides is 4. The molecule has 1 aromatic heterocycles. The van der Waals surface area contributed by atoms with E-state index in [-0.39, 0.29) is 12.3 Å². The van der Waals surface area contributed by atoms with Crippen molar-refractivity contribution in [2.75, 3.05) is 32.7 Å². The van der Waals surface area contributed by atoms with Gasteiger partial charge in [-0.1, -0.05) is 18.2 Å². The van der Waals surface area contributed by atoms with E-state index in [4.69, 9.17) is 10.2 Å². The van der Waals surface area contributed by atoms with Crippen LogP contribution in [0.1, 0.15) is 17.0 Å². The molecule has 1 aliphatic rings. The minimum Gasteiger partial charge on any atom is -0.451 e. The highest BCUT2D eigenvalue weighted by atomic mass is 16.3. The molecule has 1 saturated heterocycles. The molecule has 2 heterocycles. The van der Waals surface area contributed by atoms with E-state index in [2.05, 4.69) is 4.90 Å². The van der Waals surface area contributed by atoms with Crippen molar-refractivity contribution >= 4 is 28.8 Å². The van der Waals surface area contributed by atoms with Crippen molar-refractivity contribution in [1.82, 2.24) is 15.1 Å². The number of carbonyl (C=O) groups excluding carboxylic acids is 3. The predicted octanol–water partition coefficient (Wildman–Crippen LogP) is 0.776. The number of urea groups is 1. The van der Waals surface area contributed by atoms with Crippen LogP contribution in [0.15, 0.2) is 34.7 Å². The third-order valence-electron chi connectivity index (χ3n) is 4.21. The number of furan rings is 1. The summed E-state index contributed by atoms with van der Waals surface area (Å²) in [5.41, 5.74) is 5.60. The summed E-state index contributed by atoms with van der Waals surface area (Å²) in [5.74, 6) is -0.175. The topological polar surface area (TPSA) is 109 Å². The van der Waals surface area contributed by atoms with Crippen LogP contribution in [0.25, 0.3) is 11.0 Å². The standard InChI is InChI=1S/C17H20N4O4/c18-17(24)19-15(22)5-6-20-7-9-21(10-8-20)16(23)14-11-12-3-1-2-4-13(12)25-14/h1-4,11H,5-10H2,(H3,18,19,22,24). The quantitative estimate of drug-likeness (QED) is 0.852.